The molecule has 0 saturated heterocycles. The van der Waals surface area contributed by atoms with Crippen molar-refractivity contribution < 1.29 is 19.1 Å². The highest BCUT2D eigenvalue weighted by atomic mass is 35.5. The van der Waals surface area contributed by atoms with Gasteiger partial charge in [-0.15, -0.1) is 0 Å². The second-order valence-corrected chi connectivity index (χ2v) is 6.27. The summed E-state index contributed by atoms with van der Waals surface area (Å²) in [6.45, 7) is 0.743. The minimum atomic E-state index is -0.607. The van der Waals surface area contributed by atoms with Crippen LogP contribution in [-0.2, 0) is 0 Å². The van der Waals surface area contributed by atoms with Crippen molar-refractivity contribution >= 4 is 46.6 Å². The molecule has 130 valence electrons. The van der Waals surface area contributed by atoms with Crippen LogP contribution in [0.3, 0.4) is 0 Å². The van der Waals surface area contributed by atoms with Crippen molar-refractivity contribution in [3.63, 3.8) is 0 Å². The molecule has 1 aliphatic heterocycles. The number of amides is 2. The van der Waals surface area contributed by atoms with Gasteiger partial charge in [-0.1, -0.05) is 34.8 Å². The highest BCUT2D eigenvalue weighted by Gasteiger charge is 2.20. The summed E-state index contributed by atoms with van der Waals surface area (Å²) in [4.78, 5) is 24.3. The van der Waals surface area contributed by atoms with Crippen LogP contribution >= 0.6 is 34.8 Å². The Kier molecular flexibility index (Phi) is 5.22. The normalized spacial score (nSPS) is 12.4. The number of rotatable bonds is 2. The van der Waals surface area contributed by atoms with E-state index in [1.54, 1.807) is 6.07 Å². The fraction of sp³-hybridized carbons (Fsp3) is 0.125. The summed E-state index contributed by atoms with van der Waals surface area (Å²) in [6.07, 6.45) is 0. The monoisotopic (exact) mass is 400 g/mol. The maximum absolute atomic E-state index is 12.2. The summed E-state index contributed by atoms with van der Waals surface area (Å²) in [5.74, 6) is -0.429. The summed E-state index contributed by atoms with van der Waals surface area (Å²) >= 11 is 17.9. The van der Waals surface area contributed by atoms with E-state index in [-0.39, 0.29) is 21.2 Å². The lowest BCUT2D eigenvalue weighted by Crippen LogP contribution is -2.41. The predicted octanol–water partition coefficient (Wildman–Crippen LogP) is 3.49. The first-order chi connectivity index (χ1) is 12.0. The Bertz CT molecular complexity index is 858. The lowest BCUT2D eigenvalue weighted by atomic mass is 10.2. The fourth-order valence-corrected chi connectivity index (χ4v) is 2.81. The number of hydrogen-bond donors (Lipinski definition) is 2. The van der Waals surface area contributed by atoms with Gasteiger partial charge in [-0.05, 0) is 30.3 Å². The highest BCUT2D eigenvalue weighted by molar-refractivity contribution is 6.35. The van der Waals surface area contributed by atoms with Gasteiger partial charge in [0.2, 0.25) is 0 Å². The van der Waals surface area contributed by atoms with Gasteiger partial charge in [-0.2, -0.15) is 0 Å². The molecule has 0 fully saturated rings. The van der Waals surface area contributed by atoms with E-state index >= 15 is 0 Å². The Morgan fingerprint density at radius 3 is 2.40 bits per heavy atom. The van der Waals surface area contributed by atoms with Crippen molar-refractivity contribution in [3.05, 3.63) is 56.5 Å². The van der Waals surface area contributed by atoms with E-state index in [2.05, 4.69) is 10.9 Å². The molecule has 2 aromatic rings. The van der Waals surface area contributed by atoms with Gasteiger partial charge < -0.3 is 9.47 Å². The van der Waals surface area contributed by atoms with Gasteiger partial charge in [0.05, 0.1) is 15.6 Å². The minimum absolute atomic E-state index is 0.134. The molecule has 2 N–H and O–H groups in total. The summed E-state index contributed by atoms with van der Waals surface area (Å²) in [7, 11) is 0. The minimum Gasteiger partial charge on any atom is -0.486 e. The van der Waals surface area contributed by atoms with Crippen LogP contribution in [-0.4, -0.2) is 25.0 Å². The van der Waals surface area contributed by atoms with Crippen LogP contribution in [0.15, 0.2) is 30.3 Å². The number of hydrogen-bond acceptors (Lipinski definition) is 4. The SMILES string of the molecule is O=C(NNC(=O)c1cc(Cl)ccc1Cl)c1cc(Cl)c2c(c1)OCCO2. The average molecular weight is 402 g/mol. The second kappa shape index (κ2) is 7.39. The number of fused-ring (bicyclic) bond motifs is 1. The summed E-state index contributed by atoms with van der Waals surface area (Å²) in [5, 5.41) is 0.796. The molecule has 6 nitrogen and oxygen atoms in total. The molecular weight excluding hydrogens is 391 g/mol. The molecule has 0 unspecified atom stereocenters. The van der Waals surface area contributed by atoms with Gasteiger partial charge in [-0.25, -0.2) is 0 Å². The van der Waals surface area contributed by atoms with E-state index in [1.807, 2.05) is 0 Å². The van der Waals surface area contributed by atoms with Crippen LogP contribution in [0.1, 0.15) is 20.7 Å². The van der Waals surface area contributed by atoms with E-state index in [9.17, 15) is 9.59 Å². The van der Waals surface area contributed by atoms with Gasteiger partial charge >= 0.3 is 0 Å². The van der Waals surface area contributed by atoms with Gasteiger partial charge in [-0.3, -0.25) is 20.4 Å². The van der Waals surface area contributed by atoms with Gasteiger partial charge in [0.1, 0.15) is 13.2 Å². The Hall–Kier alpha value is -2.15. The Labute approximate surface area is 157 Å². The number of hydrazine groups is 1. The maximum atomic E-state index is 12.2. The topological polar surface area (TPSA) is 76.7 Å². The fourth-order valence-electron chi connectivity index (χ4n) is 2.17. The molecule has 1 aliphatic rings. The lowest BCUT2D eigenvalue weighted by molar-refractivity contribution is 0.0846. The molecule has 0 spiro atoms. The number of nitrogens with one attached hydrogen (secondary N) is 2. The van der Waals surface area contributed by atoms with E-state index in [1.165, 1.54) is 24.3 Å². The van der Waals surface area contributed by atoms with Crippen molar-refractivity contribution in [2.45, 2.75) is 0 Å². The van der Waals surface area contributed by atoms with Crippen LogP contribution in [0.2, 0.25) is 15.1 Å². The molecule has 0 aromatic heterocycles. The second-order valence-electron chi connectivity index (χ2n) is 5.01. The average Bonchev–Trinajstić information content (AvgIpc) is 2.61. The molecule has 0 bridgehead atoms. The standard InChI is InChI=1S/C16H11Cl3N2O4/c17-9-1-2-11(18)10(7-9)16(23)21-20-15(22)8-5-12(19)14-13(6-8)24-3-4-25-14/h1-2,5-7H,3-4H2,(H,20,22)(H,21,23). The maximum Gasteiger partial charge on any atom is 0.271 e. The quantitative estimate of drug-likeness (QED) is 0.755. The Morgan fingerprint density at radius 1 is 0.880 bits per heavy atom. The third kappa shape index (κ3) is 3.92. The van der Waals surface area contributed by atoms with Gasteiger partial charge in [0, 0.05) is 10.6 Å². The largest absolute Gasteiger partial charge is 0.486 e. The third-order valence-electron chi connectivity index (χ3n) is 3.32. The van der Waals surface area contributed by atoms with Crippen molar-refractivity contribution in [1.29, 1.82) is 0 Å². The van der Waals surface area contributed by atoms with Crippen LogP contribution in [0, 0.1) is 0 Å². The van der Waals surface area contributed by atoms with Gasteiger partial charge in [0.25, 0.3) is 11.8 Å². The van der Waals surface area contributed by atoms with Crippen molar-refractivity contribution in [2.75, 3.05) is 13.2 Å². The number of ether oxygens (including phenoxy) is 2. The first-order valence-electron chi connectivity index (χ1n) is 7.10. The predicted molar refractivity (Wildman–Crippen MR) is 93.8 cm³/mol. The number of halogens is 3. The van der Waals surface area contributed by atoms with Gasteiger partial charge in [0.15, 0.2) is 11.5 Å². The third-order valence-corrected chi connectivity index (χ3v) is 4.17. The molecule has 25 heavy (non-hydrogen) atoms. The van der Waals surface area contributed by atoms with E-state index in [4.69, 9.17) is 44.3 Å². The molecule has 0 radical (unpaired) electrons. The first-order valence-corrected chi connectivity index (χ1v) is 8.24. The molecule has 0 atom stereocenters. The zero-order valence-corrected chi connectivity index (χ0v) is 14.8. The van der Waals surface area contributed by atoms with Crippen molar-refractivity contribution in [3.8, 4) is 11.5 Å². The number of carbonyl (C=O) groups excluding carboxylic acids is 2. The zero-order chi connectivity index (χ0) is 18.0. The van der Waals surface area contributed by atoms with Crippen molar-refractivity contribution in [1.82, 2.24) is 10.9 Å². The molecule has 9 heteroatoms. The summed E-state index contributed by atoms with van der Waals surface area (Å²) in [6, 6.07) is 7.33. The summed E-state index contributed by atoms with van der Waals surface area (Å²) < 4.78 is 10.8. The van der Waals surface area contributed by atoms with Crippen LogP contribution < -0.4 is 20.3 Å². The Morgan fingerprint density at radius 2 is 1.60 bits per heavy atom. The highest BCUT2D eigenvalue weighted by Crippen LogP contribution is 2.38. The van der Waals surface area contributed by atoms with E-state index in [0.717, 1.165) is 0 Å². The molecule has 0 saturated carbocycles. The smallest absolute Gasteiger partial charge is 0.271 e. The number of carbonyl (C=O) groups is 2. The molecule has 3 rings (SSSR count). The zero-order valence-electron chi connectivity index (χ0n) is 12.6. The molecule has 1 heterocycles. The Balaban J connectivity index is 1.71. The molecule has 2 amide bonds. The first kappa shape index (κ1) is 17.7. The molecule has 0 aliphatic carbocycles. The van der Waals surface area contributed by atoms with Crippen molar-refractivity contribution in [2.24, 2.45) is 0 Å². The van der Waals surface area contributed by atoms with E-state index < -0.39 is 11.8 Å². The van der Waals surface area contributed by atoms with Crippen LogP contribution in [0.25, 0.3) is 0 Å². The van der Waals surface area contributed by atoms with Crippen LogP contribution in [0.5, 0.6) is 11.5 Å². The lowest BCUT2D eigenvalue weighted by Gasteiger charge is -2.20. The van der Waals surface area contributed by atoms with E-state index in [0.29, 0.717) is 29.7 Å². The molecule has 2 aromatic carbocycles. The van der Waals surface area contributed by atoms with Crippen LogP contribution in [0.4, 0.5) is 0 Å². The molecular formula is C16H11Cl3N2O4. The summed E-state index contributed by atoms with van der Waals surface area (Å²) in [5.41, 5.74) is 4.89. The number of benzene rings is 2.